The number of hydrogen-bond donors (Lipinski definition) is 2. The van der Waals surface area contributed by atoms with Gasteiger partial charge in [0.2, 0.25) is 0 Å². The number of rotatable bonds is 2. The highest BCUT2D eigenvalue weighted by Crippen LogP contribution is 2.20. The van der Waals surface area contributed by atoms with E-state index in [0.717, 1.165) is 16.6 Å². The van der Waals surface area contributed by atoms with Crippen LogP contribution in [0.15, 0.2) is 42.5 Å². The van der Waals surface area contributed by atoms with E-state index in [1.54, 1.807) is 12.1 Å². The lowest BCUT2D eigenvalue weighted by Gasteiger charge is -2.12. The molecule has 1 heterocycles. The maximum absolute atomic E-state index is 12.1. The van der Waals surface area contributed by atoms with E-state index in [2.05, 4.69) is 5.32 Å². The molecule has 1 aliphatic rings. The van der Waals surface area contributed by atoms with Gasteiger partial charge in [0, 0.05) is 11.3 Å². The zero-order valence-electron chi connectivity index (χ0n) is 11.1. The summed E-state index contributed by atoms with van der Waals surface area (Å²) in [6.07, 6.45) is 0. The Kier molecular flexibility index (Phi) is 3.30. The van der Waals surface area contributed by atoms with Crippen LogP contribution in [0.3, 0.4) is 0 Å². The Hall–Kier alpha value is -2.11. The van der Waals surface area contributed by atoms with Gasteiger partial charge in [-0.3, -0.25) is 4.79 Å². The zero-order chi connectivity index (χ0) is 14.1. The second-order valence-corrected chi connectivity index (χ2v) is 4.79. The Balaban J connectivity index is 1.89. The van der Waals surface area contributed by atoms with Crippen molar-refractivity contribution in [2.75, 3.05) is 5.32 Å². The number of hydrogen-bond acceptors (Lipinski definition) is 3. The molecule has 0 aromatic heterocycles. The first kappa shape index (κ1) is 12.9. The molecular weight excluding hydrogens is 253 g/mol. The van der Waals surface area contributed by atoms with Gasteiger partial charge in [0.05, 0.1) is 6.61 Å². The van der Waals surface area contributed by atoms with Gasteiger partial charge in [0.15, 0.2) is 0 Å². The highest BCUT2D eigenvalue weighted by atomic mass is 16.5. The summed E-state index contributed by atoms with van der Waals surface area (Å²) in [7, 11) is -0.904. The fourth-order valence-electron chi connectivity index (χ4n) is 2.43. The van der Waals surface area contributed by atoms with E-state index in [0.29, 0.717) is 17.9 Å². The molecule has 20 heavy (non-hydrogen) atoms. The summed E-state index contributed by atoms with van der Waals surface area (Å²) in [5, 5.41) is 12.7. The van der Waals surface area contributed by atoms with Gasteiger partial charge < -0.3 is 15.0 Å². The quantitative estimate of drug-likeness (QED) is 0.810. The van der Waals surface area contributed by atoms with Crippen molar-refractivity contribution in [1.82, 2.24) is 0 Å². The van der Waals surface area contributed by atoms with Gasteiger partial charge in [-0.1, -0.05) is 24.3 Å². The highest BCUT2D eigenvalue weighted by molar-refractivity contribution is 6.62. The minimum atomic E-state index is -0.904. The van der Waals surface area contributed by atoms with Crippen molar-refractivity contribution in [3.63, 3.8) is 0 Å². The standard InChI is InChI=1S/C15H14BNO3/c1-10-13(8-7-12-9-20-16(19)14(10)12)17-15(18)11-5-3-2-4-6-11/h2-8,19H,9H2,1H3,(H,17,18). The van der Waals surface area contributed by atoms with Gasteiger partial charge in [-0.05, 0) is 41.7 Å². The van der Waals surface area contributed by atoms with E-state index in [4.69, 9.17) is 4.65 Å². The SMILES string of the molecule is Cc1c(NC(=O)c2ccccc2)ccc2c1B(O)OC2. The molecule has 3 rings (SSSR count). The Morgan fingerprint density at radius 2 is 2.00 bits per heavy atom. The smallest absolute Gasteiger partial charge is 0.423 e. The van der Waals surface area contributed by atoms with Crippen LogP contribution in [0.2, 0.25) is 0 Å². The van der Waals surface area contributed by atoms with E-state index in [1.807, 2.05) is 37.3 Å². The van der Waals surface area contributed by atoms with Crippen LogP contribution in [0, 0.1) is 6.92 Å². The Morgan fingerprint density at radius 3 is 2.75 bits per heavy atom. The van der Waals surface area contributed by atoms with E-state index in [1.165, 1.54) is 0 Å². The predicted molar refractivity (Wildman–Crippen MR) is 78.0 cm³/mol. The Labute approximate surface area is 117 Å². The third kappa shape index (κ3) is 2.22. The molecule has 0 atom stereocenters. The molecular formula is C15H14BNO3. The van der Waals surface area contributed by atoms with Gasteiger partial charge in [-0.15, -0.1) is 0 Å². The first-order chi connectivity index (χ1) is 9.66. The van der Waals surface area contributed by atoms with Crippen LogP contribution in [-0.2, 0) is 11.3 Å². The number of amides is 1. The molecule has 1 amide bonds. The molecule has 0 bridgehead atoms. The summed E-state index contributed by atoms with van der Waals surface area (Å²) in [5.41, 5.74) is 3.87. The topological polar surface area (TPSA) is 58.6 Å². The van der Waals surface area contributed by atoms with Crippen LogP contribution < -0.4 is 10.8 Å². The van der Waals surface area contributed by atoms with Crippen molar-refractivity contribution < 1.29 is 14.5 Å². The second-order valence-electron chi connectivity index (χ2n) is 4.79. The molecule has 2 aromatic rings. The third-order valence-electron chi connectivity index (χ3n) is 3.53. The molecule has 4 nitrogen and oxygen atoms in total. The average molecular weight is 267 g/mol. The number of anilines is 1. The highest BCUT2D eigenvalue weighted by Gasteiger charge is 2.30. The molecule has 0 saturated carbocycles. The van der Waals surface area contributed by atoms with Crippen molar-refractivity contribution in [3.05, 3.63) is 59.2 Å². The maximum atomic E-state index is 12.1. The molecule has 5 heteroatoms. The third-order valence-corrected chi connectivity index (χ3v) is 3.53. The Bertz CT molecular complexity index is 658. The fourth-order valence-corrected chi connectivity index (χ4v) is 2.43. The van der Waals surface area contributed by atoms with Crippen LogP contribution in [0.5, 0.6) is 0 Å². The van der Waals surface area contributed by atoms with E-state index in [9.17, 15) is 9.82 Å². The molecule has 0 aliphatic carbocycles. The lowest BCUT2D eigenvalue weighted by Crippen LogP contribution is -2.31. The molecule has 0 radical (unpaired) electrons. The Morgan fingerprint density at radius 1 is 1.25 bits per heavy atom. The molecule has 2 aromatic carbocycles. The second kappa shape index (κ2) is 5.11. The van der Waals surface area contributed by atoms with Crippen molar-refractivity contribution in [3.8, 4) is 0 Å². The van der Waals surface area contributed by atoms with E-state index < -0.39 is 7.12 Å². The maximum Gasteiger partial charge on any atom is 0.492 e. The van der Waals surface area contributed by atoms with E-state index in [-0.39, 0.29) is 5.91 Å². The van der Waals surface area contributed by atoms with Crippen LogP contribution in [0.25, 0.3) is 0 Å². The normalized spacial score (nSPS) is 13.2. The van der Waals surface area contributed by atoms with Gasteiger partial charge >= 0.3 is 7.12 Å². The van der Waals surface area contributed by atoms with Crippen LogP contribution in [0.1, 0.15) is 21.5 Å². The monoisotopic (exact) mass is 267 g/mol. The van der Waals surface area contributed by atoms with Gasteiger partial charge in [0.25, 0.3) is 5.91 Å². The molecule has 2 N–H and O–H groups in total. The summed E-state index contributed by atoms with van der Waals surface area (Å²) in [4.78, 5) is 12.1. The summed E-state index contributed by atoms with van der Waals surface area (Å²) >= 11 is 0. The zero-order valence-corrected chi connectivity index (χ0v) is 11.1. The van der Waals surface area contributed by atoms with Crippen molar-refractivity contribution in [2.24, 2.45) is 0 Å². The first-order valence-corrected chi connectivity index (χ1v) is 6.45. The molecule has 0 fully saturated rings. The van der Waals surface area contributed by atoms with Crippen molar-refractivity contribution in [2.45, 2.75) is 13.5 Å². The molecule has 0 unspecified atom stereocenters. The van der Waals surface area contributed by atoms with Crippen LogP contribution in [0.4, 0.5) is 5.69 Å². The lowest BCUT2D eigenvalue weighted by atomic mass is 9.76. The van der Waals surface area contributed by atoms with Crippen LogP contribution in [-0.4, -0.2) is 18.0 Å². The number of carbonyl (C=O) groups is 1. The van der Waals surface area contributed by atoms with Gasteiger partial charge in [0.1, 0.15) is 0 Å². The molecule has 100 valence electrons. The van der Waals surface area contributed by atoms with Crippen molar-refractivity contribution in [1.29, 1.82) is 0 Å². The van der Waals surface area contributed by atoms with Gasteiger partial charge in [-0.2, -0.15) is 0 Å². The molecule has 0 spiro atoms. The summed E-state index contributed by atoms with van der Waals surface area (Å²) in [6, 6.07) is 12.7. The number of nitrogens with one attached hydrogen (secondary N) is 1. The van der Waals surface area contributed by atoms with Crippen molar-refractivity contribution >= 4 is 24.2 Å². The number of benzene rings is 2. The summed E-state index contributed by atoms with van der Waals surface area (Å²) in [6.45, 7) is 2.28. The predicted octanol–water partition coefficient (Wildman–Crippen LogP) is 1.47. The molecule has 1 aliphatic heterocycles. The summed E-state index contributed by atoms with van der Waals surface area (Å²) in [5.74, 6) is -0.165. The van der Waals surface area contributed by atoms with Gasteiger partial charge in [-0.25, -0.2) is 0 Å². The summed E-state index contributed by atoms with van der Waals surface area (Å²) < 4.78 is 5.19. The minimum absolute atomic E-state index is 0.165. The minimum Gasteiger partial charge on any atom is -0.423 e. The molecule has 0 saturated heterocycles. The first-order valence-electron chi connectivity index (χ1n) is 6.45. The van der Waals surface area contributed by atoms with Crippen LogP contribution >= 0.6 is 0 Å². The number of fused-ring (bicyclic) bond motifs is 1. The fraction of sp³-hybridized carbons (Fsp3) is 0.133. The number of carbonyl (C=O) groups excluding carboxylic acids is 1. The van der Waals surface area contributed by atoms with E-state index >= 15 is 0 Å². The largest absolute Gasteiger partial charge is 0.492 e. The lowest BCUT2D eigenvalue weighted by molar-refractivity contribution is 0.102. The average Bonchev–Trinajstić information content (AvgIpc) is 2.85.